The fourth-order valence-corrected chi connectivity index (χ4v) is 5.89. The van der Waals surface area contributed by atoms with Gasteiger partial charge in [-0.1, -0.05) is 12.1 Å². The maximum absolute atomic E-state index is 14.7. The lowest BCUT2D eigenvalue weighted by Gasteiger charge is -2.28. The fourth-order valence-electron chi connectivity index (χ4n) is 5.89. The molecule has 0 saturated heterocycles. The molecule has 1 aliphatic carbocycles. The summed E-state index contributed by atoms with van der Waals surface area (Å²) in [5.41, 5.74) is 1.52. The Balaban J connectivity index is 1.45. The largest absolute Gasteiger partial charge is 0.548 e. The number of benzene rings is 4. The molecule has 0 aromatic heterocycles. The van der Waals surface area contributed by atoms with Gasteiger partial charge in [-0.3, -0.25) is 4.79 Å². The quantitative estimate of drug-likeness (QED) is 0.269. The molecule has 3 aromatic rings. The Morgan fingerprint density at radius 1 is 0.800 bits per heavy atom. The number of aromatic hydroxyl groups is 1. The van der Waals surface area contributed by atoms with Crippen molar-refractivity contribution in [2.75, 3.05) is 62.4 Å². The van der Waals surface area contributed by atoms with Gasteiger partial charge < -0.3 is 53.3 Å². The molecule has 0 spiro atoms. The molecule has 50 heavy (non-hydrogen) atoms. The van der Waals surface area contributed by atoms with Crippen LogP contribution < -0.4 is 34.9 Å². The highest BCUT2D eigenvalue weighted by molar-refractivity contribution is 6.02. The van der Waals surface area contributed by atoms with E-state index < -0.39 is 47.8 Å². The van der Waals surface area contributed by atoms with Crippen LogP contribution in [0, 0.1) is 18.6 Å². The average molecular weight is 689 g/mol. The molecule has 14 heteroatoms. The van der Waals surface area contributed by atoms with Crippen LogP contribution >= 0.6 is 0 Å². The first-order chi connectivity index (χ1) is 24.0. The van der Waals surface area contributed by atoms with Gasteiger partial charge in [0.2, 0.25) is 5.43 Å². The van der Waals surface area contributed by atoms with Gasteiger partial charge in [-0.15, -0.1) is 0 Å². The van der Waals surface area contributed by atoms with Crippen molar-refractivity contribution in [1.82, 2.24) is 0 Å². The summed E-state index contributed by atoms with van der Waals surface area (Å²) in [5, 5.41) is 33.6. The highest BCUT2D eigenvalue weighted by Crippen LogP contribution is 2.44. The van der Waals surface area contributed by atoms with E-state index in [4.69, 9.17) is 18.6 Å². The van der Waals surface area contributed by atoms with Gasteiger partial charge in [0, 0.05) is 41.7 Å². The van der Waals surface area contributed by atoms with Crippen molar-refractivity contribution in [2.24, 2.45) is 0 Å². The smallest absolute Gasteiger partial charge is 0.217 e. The number of phenols is 1. The number of carboxylic acid groups (broad SMARTS) is 2. The SMILES string of the molecule is Cc1ccc2c(c1)OCCOc1cc(-c3c4cc(F)c(=O)cc-4oc4cc(O)c(F)cc34)ccc1N(CC(=O)[O-])CCOCCN2CC(=O)[O-]. The molecule has 2 aliphatic heterocycles. The number of rotatable bonds is 5. The third-order valence-corrected chi connectivity index (χ3v) is 8.14. The Bertz CT molecular complexity index is 2120. The van der Waals surface area contributed by atoms with Crippen LogP contribution in [0.15, 0.2) is 69.9 Å². The van der Waals surface area contributed by atoms with E-state index in [1.165, 1.54) is 4.90 Å². The summed E-state index contributed by atoms with van der Waals surface area (Å²) in [7, 11) is 0. The van der Waals surface area contributed by atoms with Crippen molar-refractivity contribution in [2.45, 2.75) is 6.92 Å². The lowest BCUT2D eigenvalue weighted by Crippen LogP contribution is -2.41. The minimum absolute atomic E-state index is 0.0142. The fraction of sp³-hybridized carbons (Fsp3) is 0.250. The summed E-state index contributed by atoms with van der Waals surface area (Å²) in [6, 6.07) is 14.0. The normalized spacial score (nSPS) is 14.2. The van der Waals surface area contributed by atoms with Crippen LogP contribution in [-0.4, -0.2) is 69.7 Å². The van der Waals surface area contributed by atoms with Gasteiger partial charge in [0.05, 0.1) is 49.6 Å². The molecule has 260 valence electrons. The van der Waals surface area contributed by atoms with Crippen LogP contribution in [0.1, 0.15) is 5.56 Å². The van der Waals surface area contributed by atoms with Gasteiger partial charge >= 0.3 is 0 Å². The van der Waals surface area contributed by atoms with Gasteiger partial charge in [0.1, 0.15) is 36.1 Å². The zero-order valence-corrected chi connectivity index (χ0v) is 26.7. The Morgan fingerprint density at radius 3 is 2.06 bits per heavy atom. The van der Waals surface area contributed by atoms with Crippen LogP contribution in [0.4, 0.5) is 20.2 Å². The number of aryl methyl sites for hydroxylation is 1. The van der Waals surface area contributed by atoms with E-state index in [0.29, 0.717) is 22.7 Å². The molecule has 3 aliphatic rings. The Kier molecular flexibility index (Phi) is 9.72. The molecular formula is C36H30F2N2O10-2. The zero-order valence-electron chi connectivity index (χ0n) is 26.7. The second kappa shape index (κ2) is 14.3. The number of hydrogen-bond donors (Lipinski definition) is 1. The lowest BCUT2D eigenvalue weighted by molar-refractivity contribution is -0.304. The maximum Gasteiger partial charge on any atom is 0.217 e. The number of anilines is 2. The average Bonchev–Trinajstić information content (AvgIpc) is 3.06. The predicted molar refractivity (Wildman–Crippen MR) is 174 cm³/mol. The van der Waals surface area contributed by atoms with Gasteiger partial charge in [-0.05, 0) is 54.4 Å². The minimum Gasteiger partial charge on any atom is -0.548 e. The highest BCUT2D eigenvalue weighted by atomic mass is 19.1. The third-order valence-electron chi connectivity index (χ3n) is 8.14. The molecular weight excluding hydrogens is 658 g/mol. The molecule has 0 saturated carbocycles. The van der Waals surface area contributed by atoms with E-state index in [2.05, 4.69) is 0 Å². The van der Waals surface area contributed by atoms with Gasteiger partial charge in [0.25, 0.3) is 0 Å². The molecule has 0 unspecified atom stereocenters. The third kappa shape index (κ3) is 7.25. The van der Waals surface area contributed by atoms with Crippen molar-refractivity contribution in [1.29, 1.82) is 0 Å². The molecule has 3 aromatic carbocycles. The lowest BCUT2D eigenvalue weighted by atomic mass is 9.93. The summed E-state index contributed by atoms with van der Waals surface area (Å²) >= 11 is 0. The predicted octanol–water partition coefficient (Wildman–Crippen LogP) is 2.46. The topological polar surface area (TPSA) is 165 Å². The van der Waals surface area contributed by atoms with Gasteiger partial charge in [-0.2, -0.15) is 0 Å². The number of fused-ring (bicyclic) bond motifs is 4. The van der Waals surface area contributed by atoms with Crippen molar-refractivity contribution >= 4 is 34.3 Å². The van der Waals surface area contributed by atoms with E-state index >= 15 is 0 Å². The first-order valence-corrected chi connectivity index (χ1v) is 15.5. The summed E-state index contributed by atoms with van der Waals surface area (Å²) < 4.78 is 53.2. The number of aliphatic carboxylic acids is 2. The molecule has 0 atom stereocenters. The number of carbonyl (C=O) groups is 2. The number of hydrogen-bond acceptors (Lipinski definition) is 12. The second-order valence-corrected chi connectivity index (χ2v) is 11.6. The zero-order chi connectivity index (χ0) is 35.5. The van der Waals surface area contributed by atoms with Crippen LogP contribution in [0.2, 0.25) is 0 Å². The van der Waals surface area contributed by atoms with E-state index in [0.717, 1.165) is 29.8 Å². The molecule has 0 bridgehead atoms. The number of nitrogens with zero attached hydrogens (tertiary/aromatic N) is 2. The highest BCUT2D eigenvalue weighted by Gasteiger charge is 2.23. The van der Waals surface area contributed by atoms with Crippen molar-refractivity contribution in [3.8, 4) is 39.7 Å². The van der Waals surface area contributed by atoms with Gasteiger partial charge in [0.15, 0.2) is 17.4 Å². The van der Waals surface area contributed by atoms with Crippen LogP contribution in [0.5, 0.6) is 17.2 Å². The van der Waals surface area contributed by atoms with E-state index in [1.807, 2.05) is 13.0 Å². The monoisotopic (exact) mass is 688 g/mol. The molecule has 0 radical (unpaired) electrons. The molecule has 0 fully saturated rings. The van der Waals surface area contributed by atoms with Crippen molar-refractivity contribution in [3.05, 3.63) is 88.1 Å². The summed E-state index contributed by atoms with van der Waals surface area (Å²) in [6.07, 6.45) is 0. The molecule has 12 nitrogen and oxygen atoms in total. The molecule has 6 rings (SSSR count). The maximum atomic E-state index is 14.7. The van der Waals surface area contributed by atoms with Gasteiger partial charge in [-0.25, -0.2) is 8.78 Å². The summed E-state index contributed by atoms with van der Waals surface area (Å²) in [5.74, 6) is -4.86. The van der Waals surface area contributed by atoms with E-state index in [1.54, 1.807) is 35.2 Å². The van der Waals surface area contributed by atoms with Crippen molar-refractivity contribution < 1.29 is 52.3 Å². The van der Waals surface area contributed by atoms with Crippen molar-refractivity contribution in [3.63, 3.8) is 0 Å². The number of ether oxygens (including phenoxy) is 3. The standard InChI is InChI=1S/C36H32F2N2O10/c1-20-2-4-26-32(12-20)48-10-11-49-33-13-21(3-5-27(33)40(19-35(45)46)7-9-47-8-6-39(26)18-34(43)44)36-22-14-24(37)28(41)16-30(22)50-31-17-29(42)25(38)15-23(31)36/h2-5,12-17,41H,6-11,18-19H2,1H3,(H,43,44)(H,45,46)/p-2. The van der Waals surface area contributed by atoms with Crippen LogP contribution in [0.25, 0.3) is 33.4 Å². The Hall–Kier alpha value is -5.89. The first-order valence-electron chi connectivity index (χ1n) is 15.5. The first kappa shape index (κ1) is 34.0. The molecule has 2 heterocycles. The molecule has 0 amide bonds. The van der Waals surface area contributed by atoms with Crippen LogP contribution in [-0.2, 0) is 14.3 Å². The minimum atomic E-state index is -1.38. The summed E-state index contributed by atoms with van der Waals surface area (Å²) in [6.45, 7) is 1.16. The number of carbonyl (C=O) groups excluding carboxylic acids is 2. The number of carboxylic acids is 2. The Labute approximate surface area is 283 Å². The summed E-state index contributed by atoms with van der Waals surface area (Å²) in [4.78, 5) is 38.6. The Morgan fingerprint density at radius 2 is 1.42 bits per heavy atom. The molecule has 1 N–H and O–H groups in total. The number of halogens is 2. The second-order valence-electron chi connectivity index (χ2n) is 11.6. The van der Waals surface area contributed by atoms with E-state index in [-0.39, 0.29) is 73.1 Å². The van der Waals surface area contributed by atoms with E-state index in [9.17, 15) is 38.5 Å². The number of phenolic OH excluding ortho intramolecular Hbond substituents is 1. The van der Waals surface area contributed by atoms with Crippen LogP contribution in [0.3, 0.4) is 0 Å².